The zero-order chi connectivity index (χ0) is 12.6. The maximum atomic E-state index is 6.07. The Balaban J connectivity index is 2.56. The molecular weight excluding hydrogens is 302 g/mol. The number of aryl methyl sites for hydroxylation is 1. The van der Waals surface area contributed by atoms with Crippen LogP contribution in [0.5, 0.6) is 0 Å². The summed E-state index contributed by atoms with van der Waals surface area (Å²) in [6, 6.07) is 5.72. The van der Waals surface area contributed by atoms with Crippen LogP contribution in [0.25, 0.3) is 11.3 Å². The van der Waals surface area contributed by atoms with Crippen LogP contribution in [-0.4, -0.2) is 9.55 Å². The van der Waals surface area contributed by atoms with Crippen molar-refractivity contribution in [2.45, 2.75) is 13.3 Å². The maximum absolute atomic E-state index is 6.07. The smallest absolute Gasteiger partial charge is 0.131 e. The molecule has 0 fully saturated rings. The number of nitrogens with two attached hydrogens (primary N) is 1. The molecule has 0 spiro atoms. The quantitative estimate of drug-likeness (QED) is 0.919. The molecule has 0 unspecified atom stereocenters. The van der Waals surface area contributed by atoms with E-state index in [-0.39, 0.29) is 0 Å². The van der Waals surface area contributed by atoms with Crippen LogP contribution in [0.3, 0.4) is 0 Å². The Morgan fingerprint density at radius 2 is 2.18 bits per heavy atom. The fraction of sp³-hybridized carbons (Fsp3) is 0.250. The second-order valence-corrected chi connectivity index (χ2v) is 5.06. The van der Waals surface area contributed by atoms with Crippen molar-refractivity contribution in [3.8, 4) is 11.3 Å². The monoisotopic (exact) mass is 313 g/mol. The predicted molar refractivity (Wildman–Crippen MR) is 75.1 cm³/mol. The molecule has 17 heavy (non-hydrogen) atoms. The molecule has 0 atom stereocenters. The first-order valence-electron chi connectivity index (χ1n) is 5.31. The lowest BCUT2D eigenvalue weighted by atomic mass is 10.1. The Morgan fingerprint density at radius 1 is 1.47 bits per heavy atom. The van der Waals surface area contributed by atoms with Crippen LogP contribution in [0.4, 0.5) is 5.82 Å². The molecule has 2 N–H and O–H groups in total. The third-order valence-corrected chi connectivity index (χ3v) is 3.97. The molecule has 1 aromatic carbocycles. The van der Waals surface area contributed by atoms with E-state index in [2.05, 4.69) is 27.8 Å². The molecule has 5 heteroatoms. The molecule has 1 aromatic heterocycles. The van der Waals surface area contributed by atoms with Gasteiger partial charge in [0.25, 0.3) is 0 Å². The molecule has 0 aliphatic heterocycles. The number of benzene rings is 1. The predicted octanol–water partition coefficient (Wildman–Crippen LogP) is 3.65. The van der Waals surface area contributed by atoms with Gasteiger partial charge in [0.2, 0.25) is 0 Å². The van der Waals surface area contributed by atoms with E-state index in [9.17, 15) is 0 Å². The van der Waals surface area contributed by atoms with Gasteiger partial charge in [0.15, 0.2) is 0 Å². The number of anilines is 1. The Bertz CT molecular complexity index is 563. The SMILES string of the molecule is CCc1nc(-c2ccc(Br)c(Cl)c2)c(N)n1C. The van der Waals surface area contributed by atoms with Crippen molar-refractivity contribution in [2.24, 2.45) is 7.05 Å². The van der Waals surface area contributed by atoms with Crippen molar-refractivity contribution in [2.75, 3.05) is 5.73 Å². The summed E-state index contributed by atoms with van der Waals surface area (Å²) < 4.78 is 2.78. The molecule has 1 heterocycles. The minimum absolute atomic E-state index is 0.658. The van der Waals surface area contributed by atoms with E-state index in [4.69, 9.17) is 17.3 Å². The highest BCUT2D eigenvalue weighted by atomic mass is 79.9. The molecule has 0 saturated heterocycles. The molecule has 0 bridgehead atoms. The number of hydrogen-bond acceptors (Lipinski definition) is 2. The highest BCUT2D eigenvalue weighted by molar-refractivity contribution is 9.10. The van der Waals surface area contributed by atoms with E-state index in [1.54, 1.807) is 0 Å². The number of imidazole rings is 1. The van der Waals surface area contributed by atoms with Gasteiger partial charge in [0, 0.05) is 23.5 Å². The Labute approximate surface area is 114 Å². The van der Waals surface area contributed by atoms with Crippen molar-refractivity contribution >= 4 is 33.3 Å². The van der Waals surface area contributed by atoms with Crippen LogP contribution in [0.15, 0.2) is 22.7 Å². The first kappa shape index (κ1) is 12.5. The minimum Gasteiger partial charge on any atom is -0.383 e. The van der Waals surface area contributed by atoms with Crippen LogP contribution < -0.4 is 5.73 Å². The van der Waals surface area contributed by atoms with Crippen LogP contribution in [0, 0.1) is 0 Å². The number of nitrogen functional groups attached to an aromatic ring is 1. The first-order valence-corrected chi connectivity index (χ1v) is 6.48. The van der Waals surface area contributed by atoms with Crippen LogP contribution >= 0.6 is 27.5 Å². The van der Waals surface area contributed by atoms with E-state index >= 15 is 0 Å². The topological polar surface area (TPSA) is 43.8 Å². The molecule has 2 aromatic rings. The fourth-order valence-corrected chi connectivity index (χ4v) is 2.16. The molecule has 0 saturated carbocycles. The van der Waals surface area contributed by atoms with Crippen LogP contribution in [-0.2, 0) is 13.5 Å². The van der Waals surface area contributed by atoms with E-state index in [1.165, 1.54) is 0 Å². The Hall–Kier alpha value is -1.00. The molecule has 3 nitrogen and oxygen atoms in total. The van der Waals surface area contributed by atoms with Crippen molar-refractivity contribution < 1.29 is 0 Å². The largest absolute Gasteiger partial charge is 0.383 e. The van der Waals surface area contributed by atoms with Gasteiger partial charge in [-0.3, -0.25) is 0 Å². The lowest BCUT2D eigenvalue weighted by Crippen LogP contribution is -2.00. The summed E-state index contributed by atoms with van der Waals surface area (Å²) in [5.41, 5.74) is 7.77. The zero-order valence-electron chi connectivity index (χ0n) is 9.67. The Morgan fingerprint density at radius 3 is 2.71 bits per heavy atom. The summed E-state index contributed by atoms with van der Waals surface area (Å²) in [5, 5.41) is 0.658. The second-order valence-electron chi connectivity index (χ2n) is 3.80. The number of nitrogens with zero attached hydrogens (tertiary/aromatic N) is 2. The molecule has 0 aliphatic rings. The van der Waals surface area contributed by atoms with Gasteiger partial charge in [-0.25, -0.2) is 4.98 Å². The lowest BCUT2D eigenvalue weighted by molar-refractivity contribution is 0.816. The zero-order valence-corrected chi connectivity index (χ0v) is 12.0. The number of hydrogen-bond donors (Lipinski definition) is 1. The highest BCUT2D eigenvalue weighted by Crippen LogP contribution is 2.31. The van der Waals surface area contributed by atoms with E-state index in [0.717, 1.165) is 28.0 Å². The van der Waals surface area contributed by atoms with Gasteiger partial charge in [-0.15, -0.1) is 0 Å². The number of halogens is 2. The first-order chi connectivity index (χ1) is 8.04. The van der Waals surface area contributed by atoms with E-state index in [0.29, 0.717) is 10.8 Å². The molecule has 0 aliphatic carbocycles. The highest BCUT2D eigenvalue weighted by Gasteiger charge is 2.13. The number of aromatic nitrogens is 2. The summed E-state index contributed by atoms with van der Waals surface area (Å²) in [6.07, 6.45) is 0.852. The van der Waals surface area contributed by atoms with Gasteiger partial charge >= 0.3 is 0 Å². The maximum Gasteiger partial charge on any atom is 0.131 e. The standard InChI is InChI=1S/C12H13BrClN3/c1-3-10-16-11(12(15)17(10)2)7-4-5-8(13)9(14)6-7/h4-6H,3,15H2,1-2H3. The van der Waals surface area contributed by atoms with Gasteiger partial charge in [-0.1, -0.05) is 24.6 Å². The molecule has 0 radical (unpaired) electrons. The van der Waals surface area contributed by atoms with E-state index < -0.39 is 0 Å². The van der Waals surface area contributed by atoms with Crippen LogP contribution in [0.2, 0.25) is 5.02 Å². The third kappa shape index (κ3) is 2.19. The average molecular weight is 315 g/mol. The van der Waals surface area contributed by atoms with E-state index in [1.807, 2.05) is 29.8 Å². The molecule has 0 amide bonds. The molecule has 90 valence electrons. The van der Waals surface area contributed by atoms with Gasteiger partial charge < -0.3 is 10.3 Å². The minimum atomic E-state index is 0.658. The summed E-state index contributed by atoms with van der Waals surface area (Å²) in [6.45, 7) is 2.06. The third-order valence-electron chi connectivity index (χ3n) is 2.74. The summed E-state index contributed by atoms with van der Waals surface area (Å²) in [4.78, 5) is 4.53. The van der Waals surface area contributed by atoms with Gasteiger partial charge in [0.05, 0.1) is 5.02 Å². The second kappa shape index (κ2) is 4.70. The number of rotatable bonds is 2. The normalized spacial score (nSPS) is 10.8. The average Bonchev–Trinajstić information content (AvgIpc) is 2.60. The lowest BCUT2D eigenvalue weighted by Gasteiger charge is -2.02. The van der Waals surface area contributed by atoms with Crippen LogP contribution in [0.1, 0.15) is 12.7 Å². The van der Waals surface area contributed by atoms with Gasteiger partial charge in [-0.05, 0) is 28.1 Å². The summed E-state index contributed by atoms with van der Waals surface area (Å²) in [7, 11) is 1.92. The van der Waals surface area contributed by atoms with Crippen molar-refractivity contribution in [3.63, 3.8) is 0 Å². The fourth-order valence-electron chi connectivity index (χ4n) is 1.73. The van der Waals surface area contributed by atoms with Gasteiger partial charge in [0.1, 0.15) is 17.3 Å². The van der Waals surface area contributed by atoms with Crippen molar-refractivity contribution in [1.82, 2.24) is 9.55 Å². The Kier molecular flexibility index (Phi) is 3.45. The molecule has 2 rings (SSSR count). The van der Waals surface area contributed by atoms with Crippen molar-refractivity contribution in [1.29, 1.82) is 0 Å². The van der Waals surface area contributed by atoms with Gasteiger partial charge in [-0.2, -0.15) is 0 Å². The molecular formula is C12H13BrClN3. The summed E-state index contributed by atoms with van der Waals surface area (Å²) in [5.74, 6) is 1.64. The summed E-state index contributed by atoms with van der Waals surface area (Å²) >= 11 is 9.44. The van der Waals surface area contributed by atoms with Crippen molar-refractivity contribution in [3.05, 3.63) is 33.5 Å².